The number of unbranched alkanes of at least 4 members (excludes halogenated alkanes) is 6. The monoisotopic (exact) mass is 844 g/mol. The first kappa shape index (κ1) is 46.9. The Morgan fingerprint density at radius 1 is 0.516 bits per heavy atom. The third kappa shape index (κ3) is 14.5. The third-order valence-electron chi connectivity index (χ3n) is 11.4. The molecule has 0 bridgehead atoms. The van der Waals surface area contributed by atoms with Crippen LogP contribution in [-0.2, 0) is 24.5 Å². The van der Waals surface area contributed by atoms with E-state index in [9.17, 15) is 19.2 Å². The normalized spacial score (nSPS) is 13.3. The second kappa shape index (κ2) is 24.9. The number of carbonyl (C=O) groups is 4. The first-order valence-corrected chi connectivity index (χ1v) is 21.9. The largest absolute Gasteiger partial charge is 0.494 e. The van der Waals surface area contributed by atoms with Gasteiger partial charge < -0.3 is 28.4 Å². The molecule has 0 aliphatic heterocycles. The highest BCUT2D eigenvalue weighted by Crippen LogP contribution is 2.47. The molecule has 1 fully saturated rings. The lowest BCUT2D eigenvalue weighted by Gasteiger charge is -2.41. The number of hydrogen-bond acceptors (Lipinski definition) is 10. The van der Waals surface area contributed by atoms with Crippen molar-refractivity contribution in [3.8, 4) is 23.0 Å². The Morgan fingerprint density at radius 2 is 0.871 bits per heavy atom. The van der Waals surface area contributed by atoms with Crippen LogP contribution in [0.5, 0.6) is 23.0 Å². The van der Waals surface area contributed by atoms with Crippen molar-refractivity contribution in [2.75, 3.05) is 26.4 Å². The van der Waals surface area contributed by atoms with Gasteiger partial charge in [-0.2, -0.15) is 0 Å². The zero-order valence-corrected chi connectivity index (χ0v) is 36.0. The molecular weight excluding hydrogens is 785 g/mol. The standard InChI is InChI=1S/C52H60O10/c1-4-39-31-33-52(34-32-39,42-19-27-46(28-20-42)61-50(55)40-15-23-44(24-16-40)57-35-11-7-9-13-37-59-48(53)5-2)43-21-29-47(30-22-43)62-51(56)41-17-25-45(26-18-41)58-36-12-8-10-14-38-60-49(54)6-3/h5-6,15-30,39H,2-4,7-14,31-38H2,1H3. The van der Waals surface area contributed by atoms with E-state index < -0.39 is 23.9 Å². The lowest BCUT2D eigenvalue weighted by Crippen LogP contribution is -2.33. The molecule has 1 saturated carbocycles. The van der Waals surface area contributed by atoms with Crippen molar-refractivity contribution in [2.24, 2.45) is 5.92 Å². The quantitative estimate of drug-likeness (QED) is 0.0276. The van der Waals surface area contributed by atoms with E-state index in [2.05, 4.69) is 44.3 Å². The first-order chi connectivity index (χ1) is 30.2. The summed E-state index contributed by atoms with van der Waals surface area (Å²) in [5.41, 5.74) is 2.94. The van der Waals surface area contributed by atoms with Crippen molar-refractivity contribution < 1.29 is 47.6 Å². The fourth-order valence-electron chi connectivity index (χ4n) is 7.67. The summed E-state index contributed by atoms with van der Waals surface area (Å²) in [6.45, 7) is 10.9. The van der Waals surface area contributed by atoms with E-state index in [0.717, 1.165) is 94.6 Å². The Morgan fingerprint density at radius 3 is 1.23 bits per heavy atom. The minimum Gasteiger partial charge on any atom is -0.494 e. The van der Waals surface area contributed by atoms with Gasteiger partial charge in [0.2, 0.25) is 0 Å². The van der Waals surface area contributed by atoms with E-state index in [1.807, 2.05) is 24.3 Å². The third-order valence-corrected chi connectivity index (χ3v) is 11.4. The molecule has 0 amide bonds. The molecule has 4 aromatic carbocycles. The van der Waals surface area contributed by atoms with Crippen LogP contribution >= 0.6 is 0 Å². The zero-order chi connectivity index (χ0) is 44.0. The van der Waals surface area contributed by atoms with Crippen LogP contribution in [0.15, 0.2) is 122 Å². The summed E-state index contributed by atoms with van der Waals surface area (Å²) in [6.07, 6.45) is 14.8. The molecule has 4 aromatic rings. The molecule has 1 aliphatic carbocycles. The SMILES string of the molecule is C=CC(=O)OCCCCCCOc1ccc(C(=O)Oc2ccc(C3(c4ccc(OC(=O)c5ccc(OCCCCCCOC(=O)C=C)cc5)cc4)CCC(CC)CC3)cc2)cc1. The second-order valence-electron chi connectivity index (χ2n) is 15.6. The van der Waals surface area contributed by atoms with Gasteiger partial charge in [-0.25, -0.2) is 19.2 Å². The van der Waals surface area contributed by atoms with E-state index in [4.69, 9.17) is 28.4 Å². The second-order valence-corrected chi connectivity index (χ2v) is 15.6. The summed E-state index contributed by atoms with van der Waals surface area (Å²) in [7, 11) is 0. The minimum absolute atomic E-state index is 0.233. The number of hydrogen-bond donors (Lipinski definition) is 0. The maximum Gasteiger partial charge on any atom is 0.343 e. The van der Waals surface area contributed by atoms with Crippen LogP contribution in [0.3, 0.4) is 0 Å². The van der Waals surface area contributed by atoms with Gasteiger partial charge in [0.05, 0.1) is 37.6 Å². The van der Waals surface area contributed by atoms with Crippen LogP contribution in [0.2, 0.25) is 0 Å². The molecule has 10 heteroatoms. The van der Waals surface area contributed by atoms with Crippen LogP contribution in [0.4, 0.5) is 0 Å². The Balaban J connectivity index is 1.10. The smallest absolute Gasteiger partial charge is 0.343 e. The first-order valence-electron chi connectivity index (χ1n) is 21.9. The lowest BCUT2D eigenvalue weighted by atomic mass is 9.63. The minimum atomic E-state index is -0.445. The van der Waals surface area contributed by atoms with Crippen molar-refractivity contribution >= 4 is 23.9 Å². The summed E-state index contributed by atoms with van der Waals surface area (Å²) in [5, 5.41) is 0. The molecule has 0 saturated heterocycles. The Labute approximate surface area is 366 Å². The molecule has 0 radical (unpaired) electrons. The molecule has 328 valence electrons. The van der Waals surface area contributed by atoms with Gasteiger partial charge in [0.1, 0.15) is 23.0 Å². The van der Waals surface area contributed by atoms with Gasteiger partial charge in [-0.3, -0.25) is 0 Å². The number of carbonyl (C=O) groups excluding carboxylic acids is 4. The van der Waals surface area contributed by atoms with Gasteiger partial charge in [-0.05, 0) is 167 Å². The van der Waals surface area contributed by atoms with Gasteiger partial charge in [-0.15, -0.1) is 0 Å². The highest BCUT2D eigenvalue weighted by Gasteiger charge is 2.38. The molecule has 62 heavy (non-hydrogen) atoms. The van der Waals surface area contributed by atoms with Crippen molar-refractivity contribution in [1.29, 1.82) is 0 Å². The van der Waals surface area contributed by atoms with Crippen LogP contribution in [0.25, 0.3) is 0 Å². The summed E-state index contributed by atoms with van der Waals surface area (Å²) >= 11 is 0. The van der Waals surface area contributed by atoms with E-state index in [-0.39, 0.29) is 5.41 Å². The molecule has 5 rings (SSSR count). The van der Waals surface area contributed by atoms with Crippen LogP contribution in [0, 0.1) is 5.92 Å². The lowest BCUT2D eigenvalue weighted by molar-refractivity contribution is -0.138. The van der Waals surface area contributed by atoms with Gasteiger partial charge in [0.25, 0.3) is 0 Å². The van der Waals surface area contributed by atoms with Crippen LogP contribution in [-0.4, -0.2) is 50.3 Å². The average molecular weight is 845 g/mol. The summed E-state index contributed by atoms with van der Waals surface area (Å²) in [6, 6.07) is 29.6. The topological polar surface area (TPSA) is 124 Å². The predicted molar refractivity (Wildman–Crippen MR) is 239 cm³/mol. The van der Waals surface area contributed by atoms with E-state index in [1.54, 1.807) is 48.5 Å². The molecule has 10 nitrogen and oxygen atoms in total. The highest BCUT2D eigenvalue weighted by molar-refractivity contribution is 5.91. The van der Waals surface area contributed by atoms with Crippen molar-refractivity contribution in [3.05, 3.63) is 145 Å². The van der Waals surface area contributed by atoms with Crippen LogP contribution in [0.1, 0.15) is 122 Å². The van der Waals surface area contributed by atoms with Gasteiger partial charge >= 0.3 is 23.9 Å². The number of esters is 4. The van der Waals surface area contributed by atoms with Crippen molar-refractivity contribution in [3.63, 3.8) is 0 Å². The Hall–Kier alpha value is -6.16. The number of rotatable bonds is 25. The molecule has 0 heterocycles. The van der Waals surface area contributed by atoms with E-state index in [1.165, 1.54) is 12.2 Å². The molecule has 0 atom stereocenters. The fraction of sp³-hybridized carbons (Fsp3) is 0.385. The van der Waals surface area contributed by atoms with Crippen molar-refractivity contribution in [2.45, 2.75) is 95.8 Å². The van der Waals surface area contributed by atoms with Gasteiger partial charge in [0, 0.05) is 17.6 Å². The highest BCUT2D eigenvalue weighted by atomic mass is 16.5. The summed E-state index contributed by atoms with van der Waals surface area (Å²) in [5.74, 6) is 1.29. The van der Waals surface area contributed by atoms with Gasteiger partial charge in [-0.1, -0.05) is 50.8 Å². The van der Waals surface area contributed by atoms with E-state index >= 15 is 0 Å². The maximum atomic E-state index is 13.1. The molecule has 1 aliphatic rings. The molecule has 0 unspecified atom stereocenters. The molecule has 0 spiro atoms. The Bertz CT molecular complexity index is 1890. The zero-order valence-electron chi connectivity index (χ0n) is 36.0. The summed E-state index contributed by atoms with van der Waals surface area (Å²) in [4.78, 5) is 48.4. The molecule has 0 aromatic heterocycles. The van der Waals surface area contributed by atoms with Crippen LogP contribution < -0.4 is 18.9 Å². The average Bonchev–Trinajstić information content (AvgIpc) is 3.31. The van der Waals surface area contributed by atoms with E-state index in [0.29, 0.717) is 66.5 Å². The molecular formula is C52H60O10. The fourth-order valence-corrected chi connectivity index (χ4v) is 7.67. The number of benzene rings is 4. The maximum absolute atomic E-state index is 13.1. The predicted octanol–water partition coefficient (Wildman–Crippen LogP) is 11.3. The Kier molecular flexibility index (Phi) is 18.9. The number of ether oxygens (including phenoxy) is 6. The van der Waals surface area contributed by atoms with Crippen molar-refractivity contribution in [1.82, 2.24) is 0 Å². The molecule has 0 N–H and O–H groups in total. The van der Waals surface area contributed by atoms with Gasteiger partial charge in [0.15, 0.2) is 0 Å². The summed E-state index contributed by atoms with van der Waals surface area (Å²) < 4.78 is 33.2.